The lowest BCUT2D eigenvalue weighted by atomic mass is 9.92. The zero-order chi connectivity index (χ0) is 15.2. The summed E-state index contributed by atoms with van der Waals surface area (Å²) in [4.78, 5) is 0.410. The summed E-state index contributed by atoms with van der Waals surface area (Å²) in [5.41, 5.74) is 3.35. The Morgan fingerprint density at radius 3 is 2.73 bits per heavy atom. The summed E-state index contributed by atoms with van der Waals surface area (Å²) >= 11 is 0. The van der Waals surface area contributed by atoms with E-state index in [0.717, 1.165) is 30.6 Å². The van der Waals surface area contributed by atoms with E-state index >= 15 is 0 Å². The molecule has 0 N–H and O–H groups in total. The standard InChI is InChI=1S/C16H18N2O3S/c19-22(20,18-8-7-16-14(11-18)10-17-21-16)15-6-5-12-3-1-2-4-13(12)9-15/h5-6,9-10H,1-4,7-8,11H2. The number of hydrogen-bond acceptors (Lipinski definition) is 4. The Morgan fingerprint density at radius 2 is 1.86 bits per heavy atom. The van der Waals surface area contributed by atoms with Crippen LogP contribution in [0.1, 0.15) is 35.3 Å². The summed E-state index contributed by atoms with van der Waals surface area (Å²) in [5.74, 6) is 0.803. The van der Waals surface area contributed by atoms with Crippen molar-refractivity contribution in [3.63, 3.8) is 0 Å². The van der Waals surface area contributed by atoms with Crippen molar-refractivity contribution in [3.05, 3.63) is 46.8 Å². The second-order valence-electron chi connectivity index (χ2n) is 6.00. The highest BCUT2D eigenvalue weighted by atomic mass is 32.2. The normalized spacial score (nSPS) is 18.7. The van der Waals surface area contributed by atoms with Gasteiger partial charge in [-0.25, -0.2) is 8.42 Å². The maximum Gasteiger partial charge on any atom is 0.243 e. The van der Waals surface area contributed by atoms with Crippen LogP contribution in [0.5, 0.6) is 0 Å². The third-order valence-electron chi connectivity index (χ3n) is 4.62. The quantitative estimate of drug-likeness (QED) is 0.852. The Bertz CT molecular complexity index is 811. The minimum Gasteiger partial charge on any atom is -0.361 e. The molecule has 0 atom stereocenters. The van der Waals surface area contributed by atoms with Gasteiger partial charge in [-0.15, -0.1) is 0 Å². The molecule has 0 unspecified atom stereocenters. The van der Waals surface area contributed by atoms with Gasteiger partial charge in [0.15, 0.2) is 0 Å². The van der Waals surface area contributed by atoms with Crippen molar-refractivity contribution >= 4 is 10.0 Å². The first kappa shape index (κ1) is 14.0. The molecule has 1 aliphatic heterocycles. The van der Waals surface area contributed by atoms with Crippen LogP contribution in [-0.4, -0.2) is 24.4 Å². The first-order valence-corrected chi connectivity index (χ1v) is 9.13. The van der Waals surface area contributed by atoms with Crippen molar-refractivity contribution in [2.24, 2.45) is 0 Å². The maximum atomic E-state index is 12.9. The second kappa shape index (κ2) is 5.21. The van der Waals surface area contributed by atoms with E-state index in [2.05, 4.69) is 5.16 Å². The number of nitrogens with zero attached hydrogens (tertiary/aromatic N) is 2. The predicted octanol–water partition coefficient (Wildman–Crippen LogP) is 2.30. The van der Waals surface area contributed by atoms with Crippen molar-refractivity contribution < 1.29 is 12.9 Å². The number of aryl methyl sites for hydroxylation is 2. The predicted molar refractivity (Wildman–Crippen MR) is 80.9 cm³/mol. The molecule has 1 aromatic heterocycles. The number of benzene rings is 1. The largest absolute Gasteiger partial charge is 0.361 e. The third kappa shape index (κ3) is 2.27. The SMILES string of the molecule is O=S(=O)(c1ccc2c(c1)CCCC2)N1CCc2oncc2C1. The van der Waals surface area contributed by atoms with Crippen LogP contribution >= 0.6 is 0 Å². The monoisotopic (exact) mass is 318 g/mol. The van der Waals surface area contributed by atoms with E-state index in [-0.39, 0.29) is 0 Å². The molecule has 116 valence electrons. The van der Waals surface area contributed by atoms with E-state index in [1.807, 2.05) is 12.1 Å². The van der Waals surface area contributed by atoms with Gasteiger partial charge in [0.1, 0.15) is 5.76 Å². The fourth-order valence-electron chi connectivity index (χ4n) is 3.34. The Hall–Kier alpha value is -1.66. The van der Waals surface area contributed by atoms with Crippen molar-refractivity contribution in [3.8, 4) is 0 Å². The molecule has 2 heterocycles. The van der Waals surface area contributed by atoms with Gasteiger partial charge in [-0.2, -0.15) is 4.31 Å². The molecule has 1 aliphatic carbocycles. The van der Waals surface area contributed by atoms with Gasteiger partial charge in [0, 0.05) is 25.1 Å². The van der Waals surface area contributed by atoms with Crippen LogP contribution in [0.15, 0.2) is 33.8 Å². The highest BCUT2D eigenvalue weighted by Gasteiger charge is 2.30. The Labute approximate surface area is 130 Å². The fraction of sp³-hybridized carbons (Fsp3) is 0.438. The second-order valence-corrected chi connectivity index (χ2v) is 7.94. The van der Waals surface area contributed by atoms with Gasteiger partial charge >= 0.3 is 0 Å². The topological polar surface area (TPSA) is 63.4 Å². The molecular formula is C16H18N2O3S. The highest BCUT2D eigenvalue weighted by molar-refractivity contribution is 7.89. The number of rotatable bonds is 2. The van der Waals surface area contributed by atoms with E-state index in [1.165, 1.54) is 21.9 Å². The number of fused-ring (bicyclic) bond motifs is 2. The molecule has 2 aliphatic rings. The molecule has 0 bridgehead atoms. The Morgan fingerprint density at radius 1 is 1.05 bits per heavy atom. The van der Waals surface area contributed by atoms with Gasteiger partial charge in [0.25, 0.3) is 0 Å². The molecule has 0 saturated carbocycles. The van der Waals surface area contributed by atoms with Crippen molar-refractivity contribution in [2.75, 3.05) is 6.54 Å². The number of aromatic nitrogens is 1. The zero-order valence-corrected chi connectivity index (χ0v) is 13.1. The molecule has 0 saturated heterocycles. The molecule has 2 aromatic rings. The lowest BCUT2D eigenvalue weighted by Gasteiger charge is -2.26. The third-order valence-corrected chi connectivity index (χ3v) is 6.46. The fourth-order valence-corrected chi connectivity index (χ4v) is 4.81. The minimum atomic E-state index is -3.45. The number of sulfonamides is 1. The molecule has 6 heteroatoms. The molecule has 5 nitrogen and oxygen atoms in total. The minimum absolute atomic E-state index is 0.345. The van der Waals surface area contributed by atoms with Crippen LogP contribution < -0.4 is 0 Å². The van der Waals surface area contributed by atoms with Crippen molar-refractivity contribution in [1.82, 2.24) is 9.46 Å². The summed E-state index contributed by atoms with van der Waals surface area (Å²) in [6, 6.07) is 5.60. The van der Waals surface area contributed by atoms with E-state index in [4.69, 9.17) is 4.52 Å². The first-order chi connectivity index (χ1) is 10.6. The van der Waals surface area contributed by atoms with Gasteiger partial charge in [-0.1, -0.05) is 11.2 Å². The summed E-state index contributed by atoms with van der Waals surface area (Å²) in [6.07, 6.45) is 6.58. The maximum absolute atomic E-state index is 12.9. The van der Waals surface area contributed by atoms with E-state index in [9.17, 15) is 8.42 Å². The number of hydrogen-bond donors (Lipinski definition) is 0. The molecule has 0 spiro atoms. The van der Waals surface area contributed by atoms with Gasteiger partial charge < -0.3 is 4.52 Å². The van der Waals surface area contributed by atoms with Gasteiger partial charge in [-0.05, 0) is 48.9 Å². The van der Waals surface area contributed by atoms with Crippen molar-refractivity contribution in [1.29, 1.82) is 0 Å². The molecule has 1 aromatic carbocycles. The van der Waals surface area contributed by atoms with Crippen LogP contribution in [0.25, 0.3) is 0 Å². The summed E-state index contributed by atoms with van der Waals surface area (Å²) < 4.78 is 32.4. The molecule has 22 heavy (non-hydrogen) atoms. The highest BCUT2D eigenvalue weighted by Crippen LogP contribution is 2.28. The van der Waals surface area contributed by atoms with Crippen LogP contribution in [0.4, 0.5) is 0 Å². The van der Waals surface area contributed by atoms with Gasteiger partial charge in [-0.3, -0.25) is 0 Å². The lowest BCUT2D eigenvalue weighted by Crippen LogP contribution is -2.35. The first-order valence-electron chi connectivity index (χ1n) is 7.69. The lowest BCUT2D eigenvalue weighted by molar-refractivity contribution is 0.331. The van der Waals surface area contributed by atoms with Crippen LogP contribution in [0.2, 0.25) is 0 Å². The van der Waals surface area contributed by atoms with E-state index in [1.54, 1.807) is 12.3 Å². The molecule has 4 rings (SSSR count). The summed E-state index contributed by atoms with van der Waals surface area (Å²) in [5, 5.41) is 3.75. The van der Waals surface area contributed by atoms with Crippen molar-refractivity contribution in [2.45, 2.75) is 43.5 Å². The molecular weight excluding hydrogens is 300 g/mol. The average molecular weight is 318 g/mol. The molecule has 0 fully saturated rings. The van der Waals surface area contributed by atoms with Crippen LogP contribution in [-0.2, 0) is 35.8 Å². The Balaban J connectivity index is 1.66. The smallest absolute Gasteiger partial charge is 0.243 e. The average Bonchev–Trinajstić information content (AvgIpc) is 3.02. The molecule has 0 amide bonds. The summed E-state index contributed by atoms with van der Waals surface area (Å²) in [6.45, 7) is 0.792. The van der Waals surface area contributed by atoms with E-state index < -0.39 is 10.0 Å². The van der Waals surface area contributed by atoms with E-state index in [0.29, 0.717) is 24.4 Å². The molecule has 0 radical (unpaired) electrons. The Kier molecular flexibility index (Phi) is 3.31. The van der Waals surface area contributed by atoms with Gasteiger partial charge in [0.05, 0.1) is 11.1 Å². The van der Waals surface area contributed by atoms with Crippen LogP contribution in [0.3, 0.4) is 0 Å². The van der Waals surface area contributed by atoms with Crippen LogP contribution in [0, 0.1) is 0 Å². The van der Waals surface area contributed by atoms with Gasteiger partial charge in [0.2, 0.25) is 10.0 Å². The summed E-state index contributed by atoms with van der Waals surface area (Å²) in [7, 11) is -3.45. The zero-order valence-electron chi connectivity index (χ0n) is 12.3.